The Morgan fingerprint density at radius 2 is 1.90 bits per heavy atom. The molecule has 0 spiro atoms. The van der Waals surface area contributed by atoms with Crippen molar-refractivity contribution < 1.29 is 14.6 Å². The van der Waals surface area contributed by atoms with Crippen LogP contribution in [0.25, 0.3) is 12.2 Å². The molecule has 3 N–H and O–H groups in total. The van der Waals surface area contributed by atoms with E-state index in [1.54, 1.807) is 0 Å². The number of aliphatic hydroxyl groups excluding tert-OH is 1. The van der Waals surface area contributed by atoms with Gasteiger partial charge in [0.05, 0.1) is 6.42 Å². The number of carbonyl (C=O) groups is 1. The summed E-state index contributed by atoms with van der Waals surface area (Å²) in [4.78, 5) is 11.6. The van der Waals surface area contributed by atoms with Crippen LogP contribution >= 0.6 is 12.4 Å². The predicted molar refractivity (Wildman–Crippen MR) is 121 cm³/mol. The second-order valence-electron chi connectivity index (χ2n) is 8.10. The molecule has 0 radical (unpaired) electrons. The highest BCUT2D eigenvalue weighted by atomic mass is 35.5. The van der Waals surface area contributed by atoms with Crippen molar-refractivity contribution in [3.8, 4) is 5.75 Å². The minimum absolute atomic E-state index is 0. The molecule has 1 amide bonds. The van der Waals surface area contributed by atoms with Gasteiger partial charge < -0.3 is 20.5 Å². The first kappa shape index (κ1) is 22.9. The molecule has 1 aliphatic rings. The van der Waals surface area contributed by atoms with E-state index in [-0.39, 0.29) is 30.5 Å². The molecule has 0 saturated carbocycles. The van der Waals surface area contributed by atoms with Crippen molar-refractivity contribution in [3.05, 3.63) is 59.2 Å². The summed E-state index contributed by atoms with van der Waals surface area (Å²) >= 11 is 0. The number of carbonyl (C=O) groups excluding carboxylic acids is 1. The van der Waals surface area contributed by atoms with Crippen molar-refractivity contribution >= 4 is 36.2 Å². The third-order valence-corrected chi connectivity index (χ3v) is 4.47. The van der Waals surface area contributed by atoms with Crippen molar-refractivity contribution in [2.75, 3.05) is 18.5 Å². The zero-order chi connectivity index (χ0) is 20.1. The number of hydrogen-bond acceptors (Lipinski definition) is 4. The summed E-state index contributed by atoms with van der Waals surface area (Å²) in [6, 6.07) is 13.6. The summed E-state index contributed by atoms with van der Waals surface area (Å²) in [5, 5.41) is 16.1. The molecule has 1 aliphatic heterocycles. The summed E-state index contributed by atoms with van der Waals surface area (Å²) < 4.78 is 5.66. The standard InChI is InChI=1S/C23H28N2O3.ClH/c1-23(2,3)24-14-18(26)15-28-19-11-8-16(9-12-19)7-10-17-5-4-6-21-20(17)13-22(27)25-21;/h4-12,18,24,26H,13-15H2,1-3H3,(H,25,27);1H/b10-7+;. The zero-order valence-electron chi connectivity index (χ0n) is 17.1. The number of anilines is 1. The Balaban J connectivity index is 0.00000300. The first-order valence-corrected chi connectivity index (χ1v) is 9.56. The second kappa shape index (κ2) is 9.92. The number of benzene rings is 2. The van der Waals surface area contributed by atoms with Crippen LogP contribution in [0.15, 0.2) is 42.5 Å². The first-order chi connectivity index (χ1) is 13.3. The van der Waals surface area contributed by atoms with Crippen molar-refractivity contribution in [2.24, 2.45) is 0 Å². The molecule has 29 heavy (non-hydrogen) atoms. The maximum atomic E-state index is 11.6. The lowest BCUT2D eigenvalue weighted by molar-refractivity contribution is -0.115. The fourth-order valence-corrected chi connectivity index (χ4v) is 2.97. The van der Waals surface area contributed by atoms with Crippen molar-refractivity contribution in [2.45, 2.75) is 38.8 Å². The summed E-state index contributed by atoms with van der Waals surface area (Å²) in [6.07, 6.45) is 3.91. The highest BCUT2D eigenvalue weighted by Crippen LogP contribution is 2.27. The molecule has 3 rings (SSSR count). The maximum absolute atomic E-state index is 11.6. The van der Waals surface area contributed by atoms with Crippen LogP contribution in [-0.4, -0.2) is 35.8 Å². The Hall–Kier alpha value is -2.34. The quantitative estimate of drug-likeness (QED) is 0.598. The number of hydrogen-bond donors (Lipinski definition) is 3. The van der Waals surface area contributed by atoms with Gasteiger partial charge in [-0.05, 0) is 55.7 Å². The molecule has 0 aliphatic carbocycles. The normalized spacial score (nSPS) is 14.3. The average molecular weight is 417 g/mol. The van der Waals surface area contributed by atoms with Gasteiger partial charge in [-0.2, -0.15) is 0 Å². The molecule has 2 aromatic rings. The number of amides is 1. The zero-order valence-corrected chi connectivity index (χ0v) is 17.9. The second-order valence-corrected chi connectivity index (χ2v) is 8.10. The number of rotatable bonds is 7. The Labute approximate surface area is 178 Å². The van der Waals surface area contributed by atoms with Crippen molar-refractivity contribution in [1.82, 2.24) is 5.32 Å². The van der Waals surface area contributed by atoms with Gasteiger partial charge in [-0.15, -0.1) is 12.4 Å². The van der Waals surface area contributed by atoms with Crippen LogP contribution in [0.5, 0.6) is 5.75 Å². The molecule has 0 aromatic heterocycles. The van der Waals surface area contributed by atoms with Gasteiger partial charge in [-0.1, -0.05) is 36.4 Å². The highest BCUT2D eigenvalue weighted by Gasteiger charge is 2.19. The summed E-state index contributed by atoms with van der Waals surface area (Å²) in [5.74, 6) is 0.764. The van der Waals surface area contributed by atoms with E-state index in [4.69, 9.17) is 4.74 Å². The lowest BCUT2D eigenvalue weighted by Gasteiger charge is -2.22. The van der Waals surface area contributed by atoms with E-state index >= 15 is 0 Å². The van der Waals surface area contributed by atoms with Crippen LogP contribution in [0.4, 0.5) is 5.69 Å². The maximum Gasteiger partial charge on any atom is 0.228 e. The topological polar surface area (TPSA) is 70.6 Å². The molecular formula is C23H29ClN2O3. The van der Waals surface area contributed by atoms with Gasteiger partial charge in [0.2, 0.25) is 5.91 Å². The Morgan fingerprint density at radius 1 is 1.17 bits per heavy atom. The summed E-state index contributed by atoms with van der Waals surface area (Å²) in [6.45, 7) is 6.92. The molecule has 0 saturated heterocycles. The molecule has 156 valence electrons. The van der Waals surface area contributed by atoms with Crippen LogP contribution < -0.4 is 15.4 Å². The fraction of sp³-hybridized carbons (Fsp3) is 0.348. The first-order valence-electron chi connectivity index (χ1n) is 9.56. The smallest absolute Gasteiger partial charge is 0.228 e. The van der Waals surface area contributed by atoms with Crippen LogP contribution in [-0.2, 0) is 11.2 Å². The fourth-order valence-electron chi connectivity index (χ4n) is 2.97. The molecule has 1 atom stereocenters. The van der Waals surface area contributed by atoms with Crippen LogP contribution in [0.3, 0.4) is 0 Å². The van der Waals surface area contributed by atoms with E-state index in [0.29, 0.717) is 13.0 Å². The average Bonchev–Trinajstić information content (AvgIpc) is 3.04. The SMILES string of the molecule is CC(C)(C)NCC(O)COc1ccc(/C=C/c2cccc3c2CC(=O)N3)cc1.Cl. The summed E-state index contributed by atoms with van der Waals surface area (Å²) in [5.41, 5.74) is 4.00. The van der Waals surface area contributed by atoms with Gasteiger partial charge in [0, 0.05) is 17.8 Å². The number of ether oxygens (including phenoxy) is 1. The van der Waals surface area contributed by atoms with Crippen LogP contribution in [0, 0.1) is 0 Å². The number of nitrogens with one attached hydrogen (secondary N) is 2. The number of aliphatic hydroxyl groups is 1. The third kappa shape index (κ3) is 6.89. The van der Waals surface area contributed by atoms with E-state index in [0.717, 1.165) is 28.1 Å². The Kier molecular flexibility index (Phi) is 7.85. The van der Waals surface area contributed by atoms with Gasteiger partial charge in [0.15, 0.2) is 0 Å². The Bertz CT molecular complexity index is 857. The van der Waals surface area contributed by atoms with Gasteiger partial charge in [-0.3, -0.25) is 4.79 Å². The van der Waals surface area contributed by atoms with E-state index in [2.05, 4.69) is 31.4 Å². The van der Waals surface area contributed by atoms with E-state index in [1.807, 2.05) is 54.6 Å². The molecule has 5 nitrogen and oxygen atoms in total. The van der Waals surface area contributed by atoms with Crippen LogP contribution in [0.1, 0.15) is 37.5 Å². The lowest BCUT2D eigenvalue weighted by Crippen LogP contribution is -2.42. The number of β-amino-alcohol motifs (C(OH)–C–C–N with tert-alkyl or cyclic N) is 1. The minimum atomic E-state index is -0.560. The molecule has 2 aromatic carbocycles. The highest BCUT2D eigenvalue weighted by molar-refractivity contribution is 6.00. The lowest BCUT2D eigenvalue weighted by atomic mass is 10.0. The van der Waals surface area contributed by atoms with Crippen molar-refractivity contribution in [3.63, 3.8) is 0 Å². The molecule has 1 unspecified atom stereocenters. The van der Waals surface area contributed by atoms with Gasteiger partial charge in [-0.25, -0.2) is 0 Å². The number of fused-ring (bicyclic) bond motifs is 1. The molecule has 0 fully saturated rings. The Morgan fingerprint density at radius 3 is 2.59 bits per heavy atom. The molecule has 6 heteroatoms. The van der Waals surface area contributed by atoms with Crippen molar-refractivity contribution in [1.29, 1.82) is 0 Å². The van der Waals surface area contributed by atoms with Gasteiger partial charge in [0.25, 0.3) is 0 Å². The third-order valence-electron chi connectivity index (χ3n) is 4.47. The van der Waals surface area contributed by atoms with Crippen LogP contribution in [0.2, 0.25) is 0 Å². The monoisotopic (exact) mass is 416 g/mol. The molecule has 1 heterocycles. The van der Waals surface area contributed by atoms with E-state index in [9.17, 15) is 9.90 Å². The van der Waals surface area contributed by atoms with E-state index in [1.165, 1.54) is 0 Å². The van der Waals surface area contributed by atoms with Gasteiger partial charge >= 0.3 is 0 Å². The summed E-state index contributed by atoms with van der Waals surface area (Å²) in [7, 11) is 0. The number of halogens is 1. The predicted octanol–water partition coefficient (Wildman–Crippen LogP) is 3.90. The largest absolute Gasteiger partial charge is 0.491 e. The van der Waals surface area contributed by atoms with Gasteiger partial charge in [0.1, 0.15) is 18.5 Å². The van der Waals surface area contributed by atoms with E-state index < -0.39 is 6.10 Å². The molecule has 0 bridgehead atoms. The minimum Gasteiger partial charge on any atom is -0.491 e. The molecular weight excluding hydrogens is 388 g/mol.